The number of anilines is 1. The zero-order valence-corrected chi connectivity index (χ0v) is 16.8. The predicted octanol–water partition coefficient (Wildman–Crippen LogP) is 1.08. The summed E-state index contributed by atoms with van der Waals surface area (Å²) in [7, 11) is 0. The van der Waals surface area contributed by atoms with Crippen molar-refractivity contribution in [3.63, 3.8) is 0 Å². The molecule has 1 aromatic carbocycles. The third-order valence-corrected chi connectivity index (χ3v) is 7.80. The van der Waals surface area contributed by atoms with Gasteiger partial charge in [0.1, 0.15) is 17.9 Å². The van der Waals surface area contributed by atoms with Gasteiger partial charge in [-0.25, -0.2) is 0 Å². The number of nitrogens with two attached hydrogens (primary N) is 1. The van der Waals surface area contributed by atoms with Crippen LogP contribution in [-0.2, 0) is 19.9 Å². The molecule has 0 unspecified atom stereocenters. The summed E-state index contributed by atoms with van der Waals surface area (Å²) in [5.74, 6) is -0.415. The normalized spacial score (nSPS) is 34.4. The van der Waals surface area contributed by atoms with E-state index < -0.39 is 17.4 Å². The minimum Gasteiger partial charge on any atom is -0.326 e. The summed E-state index contributed by atoms with van der Waals surface area (Å²) in [6.07, 6.45) is 6.78. The highest BCUT2D eigenvalue weighted by Gasteiger charge is 2.74. The molecule has 0 aromatic heterocycles. The predicted molar refractivity (Wildman–Crippen MR) is 107 cm³/mol. The van der Waals surface area contributed by atoms with E-state index in [2.05, 4.69) is 5.32 Å². The van der Waals surface area contributed by atoms with Crippen molar-refractivity contribution in [3.8, 4) is 0 Å². The van der Waals surface area contributed by atoms with E-state index >= 15 is 0 Å². The van der Waals surface area contributed by atoms with Crippen molar-refractivity contribution in [2.24, 2.45) is 11.8 Å². The van der Waals surface area contributed by atoms with E-state index in [9.17, 15) is 14.4 Å². The number of rotatable bonds is 4. The molecule has 4 atom stereocenters. The van der Waals surface area contributed by atoms with E-state index in [4.69, 9.17) is 0 Å². The van der Waals surface area contributed by atoms with Crippen LogP contribution in [0.25, 0.3) is 0 Å². The number of fused-ring (bicyclic) bond motifs is 4. The average Bonchev–Trinajstić information content (AvgIpc) is 3.42. The summed E-state index contributed by atoms with van der Waals surface area (Å²) in [5, 5.41) is 5.02. The second-order valence-electron chi connectivity index (χ2n) is 8.47. The van der Waals surface area contributed by atoms with Crippen LogP contribution >= 0.6 is 11.8 Å². The topological polar surface area (TPSA) is 83.1 Å². The highest BCUT2D eigenvalue weighted by atomic mass is 32.2. The Morgan fingerprint density at radius 2 is 1.93 bits per heavy atom. The maximum atomic E-state index is 13.6. The number of carbonyl (C=O) groups is 3. The molecule has 1 saturated carbocycles. The first kappa shape index (κ1) is 18.2. The van der Waals surface area contributed by atoms with Gasteiger partial charge in [0.05, 0.1) is 5.69 Å². The summed E-state index contributed by atoms with van der Waals surface area (Å²) in [6, 6.07) is 7.60. The second kappa shape index (κ2) is 6.59. The Balaban J connectivity index is 1.61. The number of quaternary nitrogens is 1. The maximum absolute atomic E-state index is 13.6. The van der Waals surface area contributed by atoms with Crippen LogP contribution in [0.2, 0.25) is 0 Å². The van der Waals surface area contributed by atoms with Gasteiger partial charge in [-0.15, -0.1) is 0 Å². The summed E-state index contributed by atoms with van der Waals surface area (Å²) in [6.45, 7) is 0. The molecule has 2 saturated heterocycles. The number of para-hydroxylation sites is 1. The number of hydrogen-bond donors (Lipinski definition) is 2. The van der Waals surface area contributed by atoms with Gasteiger partial charge in [0.2, 0.25) is 17.4 Å². The van der Waals surface area contributed by atoms with Crippen molar-refractivity contribution in [1.29, 1.82) is 0 Å². The van der Waals surface area contributed by atoms with Crippen molar-refractivity contribution < 1.29 is 19.7 Å². The number of likely N-dealkylation sites (tertiary alicyclic amines) is 1. The van der Waals surface area contributed by atoms with Crippen LogP contribution in [0.4, 0.5) is 5.69 Å². The standard InChI is InChI=1S/C21H25N3O3S/c1-28-11-10-15-16-17(19(26)24(18(16)25)12-6-2-3-7-12)21(23-15)13-8-4-5-9-14(13)22-20(21)27/h4-5,8-9,12,15-17,23H,2-3,6-7,10-11H2,1H3,(H,22,27)/p+1/t15-,16+,17-,21+/m0/s1. The van der Waals surface area contributed by atoms with Gasteiger partial charge in [-0.2, -0.15) is 11.8 Å². The van der Waals surface area contributed by atoms with Gasteiger partial charge >= 0.3 is 0 Å². The summed E-state index contributed by atoms with van der Waals surface area (Å²) in [4.78, 5) is 41.9. The molecule has 4 aliphatic rings. The number of amides is 3. The van der Waals surface area contributed by atoms with Crippen LogP contribution in [-0.4, -0.2) is 46.7 Å². The number of benzene rings is 1. The smallest absolute Gasteiger partial charge is 0.291 e. The molecule has 1 aliphatic carbocycles. The van der Waals surface area contributed by atoms with Gasteiger partial charge in [0.15, 0.2) is 0 Å². The molecule has 3 aliphatic heterocycles. The van der Waals surface area contributed by atoms with E-state index in [-0.39, 0.29) is 29.8 Å². The molecule has 28 heavy (non-hydrogen) atoms. The molecule has 0 bridgehead atoms. The Bertz CT molecular complexity index is 853. The van der Waals surface area contributed by atoms with E-state index in [1.807, 2.05) is 35.8 Å². The fraction of sp³-hybridized carbons (Fsp3) is 0.571. The fourth-order valence-corrected chi connectivity index (χ4v) is 6.49. The van der Waals surface area contributed by atoms with Crippen LogP contribution in [0.3, 0.4) is 0 Å². The van der Waals surface area contributed by atoms with E-state index in [1.165, 1.54) is 0 Å². The third kappa shape index (κ3) is 2.29. The second-order valence-corrected chi connectivity index (χ2v) is 9.45. The first-order valence-electron chi connectivity index (χ1n) is 10.2. The van der Waals surface area contributed by atoms with Gasteiger partial charge in [-0.3, -0.25) is 19.3 Å². The zero-order chi connectivity index (χ0) is 19.5. The van der Waals surface area contributed by atoms with Gasteiger partial charge in [0, 0.05) is 18.0 Å². The summed E-state index contributed by atoms with van der Waals surface area (Å²) in [5.41, 5.74) is 0.619. The van der Waals surface area contributed by atoms with Crippen LogP contribution in [0, 0.1) is 11.8 Å². The molecule has 3 N–H and O–H groups in total. The molecular weight excluding hydrogens is 374 g/mol. The number of thioether (sulfide) groups is 1. The van der Waals surface area contributed by atoms with Crippen LogP contribution in [0.1, 0.15) is 37.7 Å². The first-order valence-corrected chi connectivity index (χ1v) is 11.6. The molecule has 3 fully saturated rings. The minimum absolute atomic E-state index is 0.0172. The number of nitrogens with one attached hydrogen (secondary N) is 1. The Kier molecular flexibility index (Phi) is 4.28. The molecule has 3 heterocycles. The highest BCUT2D eigenvalue weighted by Crippen LogP contribution is 2.50. The number of carbonyl (C=O) groups excluding carboxylic acids is 3. The van der Waals surface area contributed by atoms with Crippen molar-refractivity contribution in [1.82, 2.24) is 4.90 Å². The number of imide groups is 1. The van der Waals surface area contributed by atoms with E-state index in [0.29, 0.717) is 0 Å². The van der Waals surface area contributed by atoms with Crippen molar-refractivity contribution >= 4 is 35.2 Å². The summed E-state index contributed by atoms with van der Waals surface area (Å²) < 4.78 is 0. The van der Waals surface area contributed by atoms with Crippen LogP contribution < -0.4 is 10.6 Å². The van der Waals surface area contributed by atoms with Crippen LogP contribution in [0.15, 0.2) is 24.3 Å². The lowest BCUT2D eigenvalue weighted by atomic mass is 9.76. The Morgan fingerprint density at radius 1 is 1.18 bits per heavy atom. The molecular formula is C21H26N3O3S+. The van der Waals surface area contributed by atoms with Crippen molar-refractivity contribution in [3.05, 3.63) is 29.8 Å². The average molecular weight is 401 g/mol. The fourth-order valence-electron chi connectivity index (χ4n) is 5.98. The molecule has 148 valence electrons. The first-order chi connectivity index (χ1) is 13.6. The number of hydrogen-bond acceptors (Lipinski definition) is 4. The van der Waals surface area contributed by atoms with Gasteiger partial charge < -0.3 is 10.6 Å². The lowest BCUT2D eigenvalue weighted by molar-refractivity contribution is -0.733. The molecule has 3 amide bonds. The third-order valence-electron chi connectivity index (χ3n) is 7.16. The largest absolute Gasteiger partial charge is 0.326 e. The van der Waals surface area contributed by atoms with Gasteiger partial charge in [-0.05, 0) is 30.9 Å². The Hall–Kier alpha value is -1.86. The highest BCUT2D eigenvalue weighted by molar-refractivity contribution is 7.98. The molecule has 6 nitrogen and oxygen atoms in total. The molecule has 0 radical (unpaired) electrons. The molecule has 5 rings (SSSR count). The van der Waals surface area contributed by atoms with Gasteiger partial charge in [0.25, 0.3) is 5.91 Å². The van der Waals surface area contributed by atoms with E-state index in [1.54, 1.807) is 16.7 Å². The summed E-state index contributed by atoms with van der Waals surface area (Å²) >= 11 is 1.74. The molecule has 7 heteroatoms. The quantitative estimate of drug-likeness (QED) is 0.741. The molecule has 1 spiro atoms. The van der Waals surface area contributed by atoms with Gasteiger partial charge in [-0.1, -0.05) is 31.0 Å². The van der Waals surface area contributed by atoms with Crippen molar-refractivity contribution in [2.45, 2.75) is 49.7 Å². The number of nitrogens with zero attached hydrogens (tertiary/aromatic N) is 1. The Labute approximate surface area is 168 Å². The lowest BCUT2D eigenvalue weighted by Crippen LogP contribution is -2.99. The SMILES string of the molecule is CSCC[C@@H]1[NH2+][C@@]2(C(=O)Nc3ccccc32)[C@@H]2C(=O)N(C3CCCC3)C(=O)[C@H]12. The van der Waals surface area contributed by atoms with E-state index in [0.717, 1.165) is 49.1 Å². The van der Waals surface area contributed by atoms with Crippen molar-refractivity contribution in [2.75, 3.05) is 17.3 Å². The zero-order valence-electron chi connectivity index (χ0n) is 16.0. The Morgan fingerprint density at radius 3 is 2.68 bits per heavy atom. The van der Waals surface area contributed by atoms with Crippen LogP contribution in [0.5, 0.6) is 0 Å². The maximum Gasteiger partial charge on any atom is 0.291 e. The lowest BCUT2D eigenvalue weighted by Gasteiger charge is -2.28. The molecule has 1 aromatic rings. The monoisotopic (exact) mass is 400 g/mol. The minimum atomic E-state index is -1.01.